The largest absolute Gasteiger partial charge is 0.416 e. The van der Waals surface area contributed by atoms with Crippen LogP contribution in [0.1, 0.15) is 39.3 Å². The minimum Gasteiger partial charge on any atom is -0.322 e. The quantitative estimate of drug-likeness (QED) is 0.476. The number of rotatable bonds is 5. The van der Waals surface area contributed by atoms with Crippen LogP contribution in [0.5, 0.6) is 0 Å². The van der Waals surface area contributed by atoms with Crippen LogP contribution in [-0.4, -0.2) is 17.6 Å². The lowest BCUT2D eigenvalue weighted by atomic mass is 10.1. The van der Waals surface area contributed by atoms with Crippen LogP contribution in [0.3, 0.4) is 0 Å². The zero-order valence-electron chi connectivity index (χ0n) is 17.7. The number of nitrogens with zero attached hydrogens (tertiary/aromatic N) is 1. The highest BCUT2D eigenvalue weighted by molar-refractivity contribution is 8.00. The van der Waals surface area contributed by atoms with Crippen LogP contribution < -0.4 is 10.2 Å². The molecule has 3 aromatic carbocycles. The highest BCUT2D eigenvalue weighted by atomic mass is 32.2. The second-order valence-electron chi connectivity index (χ2n) is 7.60. The standard InChI is InChI=1S/C25H21F3N2O2S/c1-2-16-6-12-21(13-7-16)30-22(31)15-33-24(30)17-8-10-20(11-9-17)29-23(32)18-4-3-5-19(14-18)25(26,27)28/h3-14,24H,2,15H2,1H3,(H,29,32). The molecular formula is C25H21F3N2O2S. The molecule has 1 unspecified atom stereocenters. The molecule has 8 heteroatoms. The fraction of sp³-hybridized carbons (Fsp3) is 0.200. The van der Waals surface area contributed by atoms with Crippen molar-refractivity contribution in [2.75, 3.05) is 16.0 Å². The molecule has 1 aliphatic rings. The van der Waals surface area contributed by atoms with Gasteiger partial charge in [0.25, 0.3) is 5.91 Å². The summed E-state index contributed by atoms with van der Waals surface area (Å²) >= 11 is 1.52. The van der Waals surface area contributed by atoms with Gasteiger partial charge in [-0.05, 0) is 60.0 Å². The third kappa shape index (κ3) is 5.06. The molecule has 0 radical (unpaired) electrons. The Morgan fingerprint density at radius 3 is 2.39 bits per heavy atom. The number of nitrogens with one attached hydrogen (secondary N) is 1. The molecule has 2 amide bonds. The Balaban J connectivity index is 1.49. The Hall–Kier alpha value is -3.26. The molecule has 1 heterocycles. The van der Waals surface area contributed by atoms with Gasteiger partial charge >= 0.3 is 6.18 Å². The average Bonchev–Trinajstić information content (AvgIpc) is 3.20. The van der Waals surface area contributed by atoms with Gasteiger partial charge in [-0.3, -0.25) is 14.5 Å². The molecule has 1 aliphatic heterocycles. The predicted octanol–water partition coefficient (Wildman–Crippen LogP) is 6.30. The maximum absolute atomic E-state index is 12.9. The van der Waals surface area contributed by atoms with Crippen LogP contribution in [0.15, 0.2) is 72.8 Å². The molecule has 0 aromatic heterocycles. The fourth-order valence-electron chi connectivity index (χ4n) is 3.61. The van der Waals surface area contributed by atoms with Crippen molar-refractivity contribution in [1.29, 1.82) is 0 Å². The van der Waals surface area contributed by atoms with E-state index in [0.717, 1.165) is 29.8 Å². The Morgan fingerprint density at radius 2 is 1.76 bits per heavy atom. The van der Waals surface area contributed by atoms with Gasteiger partial charge in [0.1, 0.15) is 5.37 Å². The first kappa shape index (κ1) is 22.9. The summed E-state index contributed by atoms with van der Waals surface area (Å²) in [6.45, 7) is 2.07. The molecule has 170 valence electrons. The summed E-state index contributed by atoms with van der Waals surface area (Å²) in [5, 5.41) is 2.43. The number of amides is 2. The van der Waals surface area contributed by atoms with Crippen LogP contribution in [0, 0.1) is 0 Å². The summed E-state index contributed by atoms with van der Waals surface area (Å²) in [4.78, 5) is 26.7. The SMILES string of the molecule is CCc1ccc(N2C(=O)CSC2c2ccc(NC(=O)c3cccc(C(F)(F)F)c3)cc2)cc1. The molecule has 0 aliphatic carbocycles. The molecule has 1 saturated heterocycles. The van der Waals surface area contributed by atoms with E-state index in [4.69, 9.17) is 0 Å². The van der Waals surface area contributed by atoms with Crippen LogP contribution in [0.2, 0.25) is 0 Å². The molecule has 4 rings (SSSR count). The summed E-state index contributed by atoms with van der Waals surface area (Å²) < 4.78 is 38.7. The zero-order valence-corrected chi connectivity index (χ0v) is 18.5. The molecule has 4 nitrogen and oxygen atoms in total. The first-order valence-electron chi connectivity index (χ1n) is 10.4. The van der Waals surface area contributed by atoms with Gasteiger partial charge in [-0.2, -0.15) is 13.2 Å². The van der Waals surface area contributed by atoms with Crippen LogP contribution in [0.25, 0.3) is 0 Å². The maximum Gasteiger partial charge on any atom is 0.416 e. The van der Waals surface area contributed by atoms with Gasteiger partial charge in [-0.1, -0.05) is 37.3 Å². The molecule has 1 fully saturated rings. The zero-order chi connectivity index (χ0) is 23.6. The van der Waals surface area contributed by atoms with E-state index in [1.165, 1.54) is 29.5 Å². The van der Waals surface area contributed by atoms with Crippen molar-refractivity contribution in [2.24, 2.45) is 0 Å². The van der Waals surface area contributed by atoms with E-state index >= 15 is 0 Å². The molecule has 0 spiro atoms. The van der Waals surface area contributed by atoms with Gasteiger partial charge in [0, 0.05) is 16.9 Å². The lowest BCUT2D eigenvalue weighted by Gasteiger charge is -2.24. The number of aryl methyl sites for hydroxylation is 1. The van der Waals surface area contributed by atoms with Gasteiger partial charge in [-0.25, -0.2) is 0 Å². The summed E-state index contributed by atoms with van der Waals surface area (Å²) in [5.41, 5.74) is 2.41. The monoisotopic (exact) mass is 470 g/mol. The summed E-state index contributed by atoms with van der Waals surface area (Å²) in [6, 6.07) is 19.2. The number of hydrogen-bond acceptors (Lipinski definition) is 3. The minimum absolute atomic E-state index is 0.0242. The first-order valence-corrected chi connectivity index (χ1v) is 11.4. The number of halogens is 3. The van der Waals surface area contributed by atoms with E-state index < -0.39 is 17.6 Å². The van der Waals surface area contributed by atoms with Crippen LogP contribution in [0.4, 0.5) is 24.5 Å². The molecule has 1 N–H and O–H groups in total. The second-order valence-corrected chi connectivity index (χ2v) is 8.67. The number of anilines is 2. The fourth-order valence-corrected chi connectivity index (χ4v) is 4.79. The Kier molecular flexibility index (Phi) is 6.47. The second kappa shape index (κ2) is 9.31. The summed E-state index contributed by atoms with van der Waals surface area (Å²) in [5.74, 6) is -0.234. The van der Waals surface area contributed by atoms with E-state index in [1.54, 1.807) is 17.0 Å². The number of carbonyl (C=O) groups is 2. The number of alkyl halides is 3. The molecule has 3 aromatic rings. The third-order valence-electron chi connectivity index (χ3n) is 5.40. The van der Waals surface area contributed by atoms with Crippen molar-refractivity contribution in [1.82, 2.24) is 0 Å². The molecule has 1 atom stereocenters. The van der Waals surface area contributed by atoms with Crippen molar-refractivity contribution in [2.45, 2.75) is 24.9 Å². The first-order chi connectivity index (χ1) is 15.8. The van der Waals surface area contributed by atoms with Crippen LogP contribution >= 0.6 is 11.8 Å². The molecule has 33 heavy (non-hydrogen) atoms. The van der Waals surface area contributed by atoms with Gasteiger partial charge in [0.05, 0.1) is 11.3 Å². The average molecular weight is 471 g/mol. The van der Waals surface area contributed by atoms with Crippen molar-refractivity contribution >= 4 is 35.0 Å². The number of benzene rings is 3. The highest BCUT2D eigenvalue weighted by Gasteiger charge is 2.34. The number of thioether (sulfide) groups is 1. The number of carbonyl (C=O) groups excluding carboxylic acids is 2. The van der Waals surface area contributed by atoms with Gasteiger partial charge in [0.2, 0.25) is 5.91 Å². The maximum atomic E-state index is 12.9. The van der Waals surface area contributed by atoms with Crippen molar-refractivity contribution in [3.05, 3.63) is 95.1 Å². The molecule has 0 bridgehead atoms. The molecular weight excluding hydrogens is 449 g/mol. The minimum atomic E-state index is -4.52. The third-order valence-corrected chi connectivity index (χ3v) is 6.61. The van der Waals surface area contributed by atoms with E-state index in [2.05, 4.69) is 12.2 Å². The Bertz CT molecular complexity index is 1160. The van der Waals surface area contributed by atoms with Gasteiger partial charge < -0.3 is 5.32 Å². The predicted molar refractivity (Wildman–Crippen MR) is 124 cm³/mol. The van der Waals surface area contributed by atoms with Crippen molar-refractivity contribution < 1.29 is 22.8 Å². The van der Waals surface area contributed by atoms with Crippen LogP contribution in [-0.2, 0) is 17.4 Å². The Labute approximate surface area is 193 Å². The van der Waals surface area contributed by atoms with E-state index in [-0.39, 0.29) is 16.8 Å². The van der Waals surface area contributed by atoms with Gasteiger partial charge in [-0.15, -0.1) is 11.8 Å². The Morgan fingerprint density at radius 1 is 1.06 bits per heavy atom. The van der Waals surface area contributed by atoms with E-state index in [1.807, 2.05) is 36.4 Å². The lowest BCUT2D eigenvalue weighted by molar-refractivity contribution is -0.137. The number of hydrogen-bond donors (Lipinski definition) is 1. The normalized spacial score (nSPS) is 16.2. The summed E-state index contributed by atoms with van der Waals surface area (Å²) in [6.07, 6.45) is -3.60. The lowest BCUT2D eigenvalue weighted by Crippen LogP contribution is -2.27. The smallest absolute Gasteiger partial charge is 0.322 e. The van der Waals surface area contributed by atoms with Crippen molar-refractivity contribution in [3.8, 4) is 0 Å². The van der Waals surface area contributed by atoms with E-state index in [9.17, 15) is 22.8 Å². The highest BCUT2D eigenvalue weighted by Crippen LogP contribution is 2.42. The van der Waals surface area contributed by atoms with E-state index in [0.29, 0.717) is 11.4 Å². The van der Waals surface area contributed by atoms with Gasteiger partial charge in [0.15, 0.2) is 0 Å². The summed E-state index contributed by atoms with van der Waals surface area (Å²) in [7, 11) is 0. The topological polar surface area (TPSA) is 49.4 Å². The molecule has 0 saturated carbocycles. The van der Waals surface area contributed by atoms with Crippen molar-refractivity contribution in [3.63, 3.8) is 0 Å².